The number of rotatable bonds is 4. The molecule has 1 aromatic carbocycles. The molecule has 0 fully saturated rings. The lowest BCUT2D eigenvalue weighted by atomic mass is 9.96. The van der Waals surface area contributed by atoms with Gasteiger partial charge in [0.15, 0.2) is 0 Å². The van der Waals surface area contributed by atoms with Crippen LogP contribution in [0.1, 0.15) is 35.6 Å². The van der Waals surface area contributed by atoms with Gasteiger partial charge in [-0.25, -0.2) is 4.79 Å². The highest BCUT2D eigenvalue weighted by Crippen LogP contribution is 2.33. The molecule has 1 aromatic heterocycles. The van der Waals surface area contributed by atoms with Gasteiger partial charge in [-0.1, -0.05) is 25.4 Å². The van der Waals surface area contributed by atoms with E-state index in [2.05, 4.69) is 5.10 Å². The number of aryl methyl sites for hydroxylation is 2. The van der Waals surface area contributed by atoms with Crippen LogP contribution in [-0.2, 0) is 19.9 Å². The molecule has 106 valence electrons. The van der Waals surface area contributed by atoms with Crippen molar-refractivity contribution in [3.63, 3.8) is 0 Å². The van der Waals surface area contributed by atoms with Gasteiger partial charge in [0, 0.05) is 28.9 Å². The summed E-state index contributed by atoms with van der Waals surface area (Å²) in [6.07, 6.45) is 1.53. The van der Waals surface area contributed by atoms with Crippen LogP contribution in [0, 0.1) is 0 Å². The zero-order valence-electron chi connectivity index (χ0n) is 11.8. The molecule has 0 aliphatic rings. The largest absolute Gasteiger partial charge is 0.478 e. The second-order valence-electron chi connectivity index (χ2n) is 4.59. The summed E-state index contributed by atoms with van der Waals surface area (Å²) in [5, 5.41) is 14.4. The van der Waals surface area contributed by atoms with Gasteiger partial charge in [-0.3, -0.25) is 4.68 Å². The van der Waals surface area contributed by atoms with E-state index >= 15 is 0 Å². The number of benzene rings is 1. The number of nitrogens with zero attached hydrogens (tertiary/aromatic N) is 2. The Morgan fingerprint density at radius 2 is 2.05 bits per heavy atom. The Labute approximate surface area is 123 Å². The minimum absolute atomic E-state index is 0.256. The molecule has 0 radical (unpaired) electrons. The van der Waals surface area contributed by atoms with Crippen LogP contribution < -0.4 is 0 Å². The lowest BCUT2D eigenvalue weighted by Crippen LogP contribution is -2.02. The van der Waals surface area contributed by atoms with Crippen LogP contribution in [0.15, 0.2) is 18.2 Å². The standard InChI is InChI=1S/C15H17ClN2O2/c1-4-12-14(13(5-2)18(3)17-12)11-8-9(16)6-7-10(11)15(19)20/h6-8H,4-5H2,1-3H3,(H,19,20). The SMILES string of the molecule is CCc1nn(C)c(CC)c1-c1cc(Cl)ccc1C(=O)O. The molecule has 4 nitrogen and oxygen atoms in total. The molecule has 0 saturated heterocycles. The molecule has 2 rings (SSSR count). The highest BCUT2D eigenvalue weighted by atomic mass is 35.5. The molecule has 1 heterocycles. The van der Waals surface area contributed by atoms with E-state index in [1.807, 2.05) is 25.6 Å². The molecule has 0 unspecified atom stereocenters. The predicted molar refractivity (Wildman–Crippen MR) is 79.4 cm³/mol. The van der Waals surface area contributed by atoms with Crippen molar-refractivity contribution < 1.29 is 9.90 Å². The van der Waals surface area contributed by atoms with Crippen molar-refractivity contribution in [2.45, 2.75) is 26.7 Å². The van der Waals surface area contributed by atoms with Gasteiger partial charge in [-0.05, 0) is 31.0 Å². The van der Waals surface area contributed by atoms with Gasteiger partial charge in [0.25, 0.3) is 0 Å². The molecular formula is C15H17ClN2O2. The topological polar surface area (TPSA) is 55.1 Å². The summed E-state index contributed by atoms with van der Waals surface area (Å²) in [5.41, 5.74) is 3.72. The fourth-order valence-corrected chi connectivity index (χ4v) is 2.67. The average molecular weight is 293 g/mol. The first-order valence-corrected chi connectivity index (χ1v) is 6.95. The third-order valence-corrected chi connectivity index (χ3v) is 3.62. The van der Waals surface area contributed by atoms with E-state index in [0.717, 1.165) is 29.8 Å². The summed E-state index contributed by atoms with van der Waals surface area (Å²) in [5.74, 6) is -0.954. The maximum Gasteiger partial charge on any atom is 0.336 e. The van der Waals surface area contributed by atoms with Gasteiger partial charge in [0.1, 0.15) is 0 Å². The van der Waals surface area contributed by atoms with Crippen molar-refractivity contribution in [1.29, 1.82) is 0 Å². The van der Waals surface area contributed by atoms with Crippen molar-refractivity contribution >= 4 is 17.6 Å². The summed E-state index contributed by atoms with van der Waals surface area (Å²) >= 11 is 6.05. The fraction of sp³-hybridized carbons (Fsp3) is 0.333. The monoisotopic (exact) mass is 292 g/mol. The summed E-state index contributed by atoms with van der Waals surface area (Å²) in [6, 6.07) is 4.86. The number of carbonyl (C=O) groups is 1. The number of hydrogen-bond donors (Lipinski definition) is 1. The summed E-state index contributed by atoms with van der Waals surface area (Å²) in [6.45, 7) is 4.04. The van der Waals surface area contributed by atoms with E-state index in [0.29, 0.717) is 10.6 Å². The highest BCUT2D eigenvalue weighted by Gasteiger charge is 2.21. The molecule has 0 amide bonds. The molecule has 2 aromatic rings. The van der Waals surface area contributed by atoms with Crippen LogP contribution in [0.3, 0.4) is 0 Å². The van der Waals surface area contributed by atoms with Crippen LogP contribution in [0.5, 0.6) is 0 Å². The van der Waals surface area contributed by atoms with Crippen LogP contribution in [0.25, 0.3) is 11.1 Å². The smallest absolute Gasteiger partial charge is 0.336 e. The van der Waals surface area contributed by atoms with E-state index in [4.69, 9.17) is 11.6 Å². The van der Waals surface area contributed by atoms with Crippen LogP contribution in [-0.4, -0.2) is 20.9 Å². The maximum atomic E-state index is 11.4. The zero-order valence-corrected chi connectivity index (χ0v) is 12.5. The minimum Gasteiger partial charge on any atom is -0.478 e. The van der Waals surface area contributed by atoms with Crippen molar-refractivity contribution in [1.82, 2.24) is 9.78 Å². The number of aromatic carboxylic acids is 1. The van der Waals surface area contributed by atoms with Crippen LogP contribution in [0.4, 0.5) is 0 Å². The quantitative estimate of drug-likeness (QED) is 0.937. The van der Waals surface area contributed by atoms with Gasteiger partial charge in [-0.2, -0.15) is 5.10 Å². The van der Waals surface area contributed by atoms with Gasteiger partial charge >= 0.3 is 5.97 Å². The fourth-order valence-electron chi connectivity index (χ4n) is 2.49. The van der Waals surface area contributed by atoms with Gasteiger partial charge in [0.2, 0.25) is 0 Å². The van der Waals surface area contributed by atoms with Crippen LogP contribution in [0.2, 0.25) is 5.02 Å². The van der Waals surface area contributed by atoms with E-state index in [1.165, 1.54) is 0 Å². The molecule has 0 aliphatic heterocycles. The number of carboxylic acid groups (broad SMARTS) is 1. The third-order valence-electron chi connectivity index (χ3n) is 3.39. The van der Waals surface area contributed by atoms with Gasteiger partial charge in [0.05, 0.1) is 11.3 Å². The normalized spacial score (nSPS) is 10.8. The Bertz CT molecular complexity index is 662. The Balaban J connectivity index is 2.79. The molecule has 20 heavy (non-hydrogen) atoms. The maximum absolute atomic E-state index is 11.4. The predicted octanol–water partition coefficient (Wildman–Crippen LogP) is 3.56. The number of hydrogen-bond acceptors (Lipinski definition) is 2. The number of carboxylic acids is 1. The van der Waals surface area contributed by atoms with Crippen molar-refractivity contribution in [2.75, 3.05) is 0 Å². The van der Waals surface area contributed by atoms with Gasteiger partial charge in [-0.15, -0.1) is 0 Å². The Hall–Kier alpha value is -1.81. The van der Waals surface area contributed by atoms with E-state index in [-0.39, 0.29) is 5.56 Å². The summed E-state index contributed by atoms with van der Waals surface area (Å²) in [4.78, 5) is 11.4. The second-order valence-corrected chi connectivity index (χ2v) is 5.03. The molecule has 0 aliphatic carbocycles. The molecule has 0 atom stereocenters. The lowest BCUT2D eigenvalue weighted by Gasteiger charge is -2.09. The first-order valence-electron chi connectivity index (χ1n) is 6.57. The first kappa shape index (κ1) is 14.6. The first-order chi connectivity index (χ1) is 9.49. The van der Waals surface area contributed by atoms with Crippen LogP contribution >= 0.6 is 11.6 Å². The molecule has 1 N–H and O–H groups in total. The van der Waals surface area contributed by atoms with Gasteiger partial charge < -0.3 is 5.11 Å². The average Bonchev–Trinajstić information content (AvgIpc) is 2.74. The Kier molecular flexibility index (Phi) is 4.14. The second kappa shape index (κ2) is 5.67. The zero-order chi connectivity index (χ0) is 14.9. The lowest BCUT2D eigenvalue weighted by molar-refractivity contribution is 0.0698. The summed E-state index contributed by atoms with van der Waals surface area (Å²) in [7, 11) is 1.88. The van der Waals surface area contributed by atoms with Crippen molar-refractivity contribution in [3.8, 4) is 11.1 Å². The highest BCUT2D eigenvalue weighted by molar-refractivity contribution is 6.31. The molecule has 0 spiro atoms. The summed E-state index contributed by atoms with van der Waals surface area (Å²) < 4.78 is 1.82. The Morgan fingerprint density at radius 1 is 1.35 bits per heavy atom. The number of halogens is 1. The minimum atomic E-state index is -0.954. The number of aromatic nitrogens is 2. The van der Waals surface area contributed by atoms with E-state index in [9.17, 15) is 9.90 Å². The molecule has 0 bridgehead atoms. The van der Waals surface area contributed by atoms with Crippen molar-refractivity contribution in [3.05, 3.63) is 40.2 Å². The van der Waals surface area contributed by atoms with Crippen molar-refractivity contribution in [2.24, 2.45) is 7.05 Å². The third kappa shape index (κ3) is 2.43. The Morgan fingerprint density at radius 3 is 2.60 bits per heavy atom. The molecule has 0 saturated carbocycles. The molecule has 5 heteroatoms. The van der Waals surface area contributed by atoms with E-state index < -0.39 is 5.97 Å². The molecular weight excluding hydrogens is 276 g/mol. The van der Waals surface area contributed by atoms with E-state index in [1.54, 1.807) is 18.2 Å².